The molecule has 30 heavy (non-hydrogen) atoms. The largest absolute Gasteiger partial charge is 0.444 e. The fourth-order valence-corrected chi connectivity index (χ4v) is 3.60. The molecular formula is C23H28IN5O. The van der Waals surface area contributed by atoms with Gasteiger partial charge in [-0.1, -0.05) is 30.3 Å². The summed E-state index contributed by atoms with van der Waals surface area (Å²) in [5, 5.41) is 3.42. The highest BCUT2D eigenvalue weighted by Crippen LogP contribution is 2.19. The zero-order valence-electron chi connectivity index (χ0n) is 17.4. The van der Waals surface area contributed by atoms with Crippen LogP contribution in [0.3, 0.4) is 0 Å². The summed E-state index contributed by atoms with van der Waals surface area (Å²) in [6.07, 6.45) is 1.71. The van der Waals surface area contributed by atoms with Crippen molar-refractivity contribution in [3.63, 3.8) is 0 Å². The summed E-state index contributed by atoms with van der Waals surface area (Å²) in [4.78, 5) is 13.8. The Morgan fingerprint density at radius 1 is 1.07 bits per heavy atom. The van der Waals surface area contributed by atoms with Gasteiger partial charge in [-0.15, -0.1) is 24.0 Å². The number of nitrogens with zero attached hydrogens (tertiary/aromatic N) is 4. The summed E-state index contributed by atoms with van der Waals surface area (Å²) >= 11 is 0. The van der Waals surface area contributed by atoms with Crippen LogP contribution in [-0.2, 0) is 6.54 Å². The van der Waals surface area contributed by atoms with Crippen molar-refractivity contribution in [3.05, 3.63) is 72.1 Å². The summed E-state index contributed by atoms with van der Waals surface area (Å²) in [5.74, 6) is 1.54. The van der Waals surface area contributed by atoms with E-state index in [1.807, 2.05) is 37.4 Å². The Morgan fingerprint density at radius 2 is 1.83 bits per heavy atom. The Bertz CT molecular complexity index is 964. The van der Waals surface area contributed by atoms with Gasteiger partial charge in [0.1, 0.15) is 6.26 Å². The minimum Gasteiger partial charge on any atom is -0.444 e. The van der Waals surface area contributed by atoms with Crippen LogP contribution in [0, 0.1) is 6.92 Å². The SMILES string of the molecule is CN=C(NCc1coc(-c2ccccc2)n1)N1CCN(c2cccc(C)c2)CC1.I. The lowest BCUT2D eigenvalue weighted by atomic mass is 10.2. The minimum absolute atomic E-state index is 0. The van der Waals surface area contributed by atoms with Crippen LogP contribution in [0.25, 0.3) is 11.5 Å². The third-order valence-electron chi connectivity index (χ3n) is 5.16. The van der Waals surface area contributed by atoms with E-state index in [9.17, 15) is 0 Å². The second-order valence-corrected chi connectivity index (χ2v) is 7.22. The maximum atomic E-state index is 5.62. The molecule has 1 aliphatic heterocycles. The van der Waals surface area contributed by atoms with Crippen LogP contribution in [0.15, 0.2) is 70.3 Å². The summed E-state index contributed by atoms with van der Waals surface area (Å²) in [6, 6.07) is 18.6. The number of hydrogen-bond donors (Lipinski definition) is 1. The Labute approximate surface area is 195 Å². The number of hydrogen-bond acceptors (Lipinski definition) is 4. The van der Waals surface area contributed by atoms with Crippen LogP contribution < -0.4 is 10.2 Å². The van der Waals surface area contributed by atoms with Crippen LogP contribution >= 0.6 is 24.0 Å². The van der Waals surface area contributed by atoms with Gasteiger partial charge in [-0.3, -0.25) is 4.99 Å². The maximum Gasteiger partial charge on any atom is 0.226 e. The van der Waals surface area contributed by atoms with E-state index in [0.29, 0.717) is 12.4 Å². The molecule has 0 aliphatic carbocycles. The number of anilines is 1. The van der Waals surface area contributed by atoms with Gasteiger partial charge in [-0.2, -0.15) is 0 Å². The van der Waals surface area contributed by atoms with Gasteiger partial charge >= 0.3 is 0 Å². The Balaban J connectivity index is 0.00000256. The first-order valence-electron chi connectivity index (χ1n) is 10.00. The standard InChI is InChI=1S/C23H27N5O.HI/c1-18-7-6-10-21(15-18)27-11-13-28(14-12-27)23(24-2)25-16-20-17-29-22(26-20)19-8-4-3-5-9-19;/h3-10,15,17H,11-14,16H2,1-2H3,(H,24,25);1H. The van der Waals surface area contributed by atoms with Gasteiger partial charge in [-0.25, -0.2) is 4.98 Å². The molecule has 4 rings (SSSR count). The van der Waals surface area contributed by atoms with Gasteiger partial charge in [0.25, 0.3) is 0 Å². The van der Waals surface area contributed by atoms with E-state index in [2.05, 4.69) is 56.3 Å². The highest BCUT2D eigenvalue weighted by Gasteiger charge is 2.20. The molecule has 0 unspecified atom stereocenters. The first-order valence-corrected chi connectivity index (χ1v) is 10.00. The molecular weight excluding hydrogens is 489 g/mol. The fraction of sp³-hybridized carbons (Fsp3) is 0.304. The molecule has 0 spiro atoms. The molecule has 7 heteroatoms. The van der Waals surface area contributed by atoms with Crippen LogP contribution in [0.1, 0.15) is 11.3 Å². The van der Waals surface area contributed by atoms with Crippen molar-refractivity contribution in [2.45, 2.75) is 13.5 Å². The van der Waals surface area contributed by atoms with Gasteiger partial charge < -0.3 is 19.5 Å². The van der Waals surface area contributed by atoms with E-state index < -0.39 is 0 Å². The van der Waals surface area contributed by atoms with Crippen LogP contribution in [0.4, 0.5) is 5.69 Å². The third kappa shape index (κ3) is 5.33. The zero-order chi connectivity index (χ0) is 20.1. The molecule has 3 aromatic rings. The third-order valence-corrected chi connectivity index (χ3v) is 5.16. The number of benzene rings is 2. The van der Waals surface area contributed by atoms with Crippen LogP contribution in [0.2, 0.25) is 0 Å². The molecule has 158 valence electrons. The molecule has 2 heterocycles. The predicted molar refractivity (Wildman–Crippen MR) is 133 cm³/mol. The van der Waals surface area contributed by atoms with Crippen molar-refractivity contribution >= 4 is 35.6 Å². The average Bonchev–Trinajstić information content (AvgIpc) is 3.24. The molecule has 1 N–H and O–H groups in total. The van der Waals surface area contributed by atoms with E-state index >= 15 is 0 Å². The molecule has 1 aliphatic rings. The van der Waals surface area contributed by atoms with Gasteiger partial charge in [0.2, 0.25) is 5.89 Å². The smallest absolute Gasteiger partial charge is 0.226 e. The lowest BCUT2D eigenvalue weighted by Gasteiger charge is -2.37. The first kappa shape index (κ1) is 22.1. The van der Waals surface area contributed by atoms with Gasteiger partial charge in [0.05, 0.1) is 12.2 Å². The predicted octanol–water partition coefficient (Wildman–Crippen LogP) is 4.17. The summed E-state index contributed by atoms with van der Waals surface area (Å²) in [7, 11) is 1.83. The lowest BCUT2D eigenvalue weighted by molar-refractivity contribution is 0.372. The van der Waals surface area contributed by atoms with Crippen molar-refractivity contribution in [2.75, 3.05) is 38.1 Å². The Hall–Kier alpha value is -2.55. The van der Waals surface area contributed by atoms with E-state index in [-0.39, 0.29) is 24.0 Å². The number of aryl methyl sites for hydroxylation is 1. The highest BCUT2D eigenvalue weighted by molar-refractivity contribution is 14.0. The first-order chi connectivity index (χ1) is 14.2. The molecule has 6 nitrogen and oxygen atoms in total. The molecule has 2 aromatic carbocycles. The normalized spacial score (nSPS) is 14.4. The monoisotopic (exact) mass is 517 g/mol. The number of aliphatic imine (C=N–C) groups is 1. The number of nitrogens with one attached hydrogen (secondary N) is 1. The number of rotatable bonds is 4. The van der Waals surface area contributed by atoms with Gasteiger partial charge in [0, 0.05) is 44.5 Å². The minimum atomic E-state index is 0. The quantitative estimate of drug-likeness (QED) is 0.320. The van der Waals surface area contributed by atoms with E-state index in [1.54, 1.807) is 6.26 Å². The lowest BCUT2D eigenvalue weighted by Crippen LogP contribution is -2.52. The second-order valence-electron chi connectivity index (χ2n) is 7.22. The van der Waals surface area contributed by atoms with Crippen molar-refractivity contribution in [1.82, 2.24) is 15.2 Å². The topological polar surface area (TPSA) is 56.9 Å². The van der Waals surface area contributed by atoms with E-state index in [4.69, 9.17) is 4.42 Å². The van der Waals surface area contributed by atoms with E-state index in [1.165, 1.54) is 11.3 Å². The Morgan fingerprint density at radius 3 is 2.53 bits per heavy atom. The van der Waals surface area contributed by atoms with Crippen molar-refractivity contribution in [2.24, 2.45) is 4.99 Å². The number of piperazine rings is 1. The van der Waals surface area contributed by atoms with Crippen LogP contribution in [-0.4, -0.2) is 49.1 Å². The summed E-state index contributed by atoms with van der Waals surface area (Å²) in [5.41, 5.74) is 4.44. The second kappa shape index (κ2) is 10.5. The Kier molecular flexibility index (Phi) is 7.73. The van der Waals surface area contributed by atoms with Crippen molar-refractivity contribution < 1.29 is 4.42 Å². The number of halogens is 1. The van der Waals surface area contributed by atoms with Crippen molar-refractivity contribution in [1.29, 1.82) is 0 Å². The number of oxazole rings is 1. The maximum absolute atomic E-state index is 5.62. The highest BCUT2D eigenvalue weighted by atomic mass is 127. The van der Waals surface area contributed by atoms with Crippen molar-refractivity contribution in [3.8, 4) is 11.5 Å². The molecule has 0 bridgehead atoms. The number of aromatic nitrogens is 1. The molecule has 1 fully saturated rings. The van der Waals surface area contributed by atoms with Crippen LogP contribution in [0.5, 0.6) is 0 Å². The molecule has 1 saturated heterocycles. The molecule has 0 saturated carbocycles. The average molecular weight is 517 g/mol. The fourth-order valence-electron chi connectivity index (χ4n) is 3.60. The number of guanidine groups is 1. The van der Waals surface area contributed by atoms with E-state index in [0.717, 1.165) is 43.4 Å². The molecule has 0 radical (unpaired) electrons. The zero-order valence-corrected chi connectivity index (χ0v) is 19.7. The van der Waals surface area contributed by atoms with Gasteiger partial charge in [0.15, 0.2) is 5.96 Å². The summed E-state index contributed by atoms with van der Waals surface area (Å²) < 4.78 is 5.62. The van der Waals surface area contributed by atoms with Gasteiger partial charge in [-0.05, 0) is 36.8 Å². The molecule has 1 aromatic heterocycles. The molecule has 0 atom stereocenters. The molecule has 0 amide bonds. The summed E-state index contributed by atoms with van der Waals surface area (Å²) in [6.45, 7) is 6.54.